The maximum Gasteiger partial charge on any atom is 0.268 e. The molecule has 170 valence electrons. The number of rotatable bonds is 4. The van der Waals surface area contributed by atoms with Gasteiger partial charge in [-0.25, -0.2) is 5.01 Å². The van der Waals surface area contributed by atoms with E-state index < -0.39 is 4.33 Å². The molecule has 0 saturated carbocycles. The van der Waals surface area contributed by atoms with E-state index in [1.807, 2.05) is 125 Å². The number of hydrogen-bond donors (Lipinski definition) is 0. The first-order chi connectivity index (χ1) is 17.2. The van der Waals surface area contributed by atoms with Crippen molar-refractivity contribution in [2.75, 3.05) is 9.91 Å². The number of carbonyl (C=O) groups excluding carboxylic acids is 1. The zero-order valence-electron chi connectivity index (χ0n) is 18.7. The summed E-state index contributed by atoms with van der Waals surface area (Å²) in [5.41, 5.74) is 3.77. The Kier molecular flexibility index (Phi) is 5.68. The average molecular weight is 492 g/mol. The van der Waals surface area contributed by atoms with Crippen molar-refractivity contribution in [1.29, 1.82) is 0 Å². The molecule has 4 nitrogen and oxygen atoms in total. The quantitative estimate of drug-likeness (QED) is 0.287. The van der Waals surface area contributed by atoms with Crippen LogP contribution in [-0.2, 0) is 4.79 Å². The summed E-state index contributed by atoms with van der Waals surface area (Å²) < 4.78 is -0.842. The molecular weight excluding hydrogens is 470 g/mol. The first-order valence-electron chi connectivity index (χ1n) is 11.3. The largest absolute Gasteiger partial charge is 0.268 e. The molecule has 0 bridgehead atoms. The number of thioether (sulfide) groups is 2. The molecule has 1 fully saturated rings. The highest BCUT2D eigenvalue weighted by Gasteiger charge is 2.59. The van der Waals surface area contributed by atoms with Gasteiger partial charge in [0.25, 0.3) is 5.91 Å². The number of hydrogen-bond acceptors (Lipinski definition) is 5. The number of anilines is 2. The second kappa shape index (κ2) is 9.13. The summed E-state index contributed by atoms with van der Waals surface area (Å²) in [4.78, 5) is 16.6. The molecule has 6 heteroatoms. The number of amides is 1. The van der Waals surface area contributed by atoms with Gasteiger partial charge in [0.05, 0.1) is 10.6 Å². The standard InChI is InChI=1S/C29H21N3OS2/c33-28-26(21-22-13-5-1-6-14-22)34-29(31(28)24-17-9-3-10-18-24)32(25-19-11-4-12-20-25)30-27(35-29)23-15-7-2-8-16-23/h1-21H/b26-21+/t29-/m0/s1. The van der Waals surface area contributed by atoms with Crippen molar-refractivity contribution in [2.45, 2.75) is 4.33 Å². The first kappa shape index (κ1) is 21.8. The molecule has 4 aromatic carbocycles. The van der Waals surface area contributed by atoms with Crippen molar-refractivity contribution in [3.63, 3.8) is 0 Å². The number of benzene rings is 4. The normalized spacial score (nSPS) is 20.6. The first-order valence-corrected chi connectivity index (χ1v) is 12.9. The van der Waals surface area contributed by atoms with Crippen molar-refractivity contribution in [3.05, 3.63) is 137 Å². The zero-order valence-corrected chi connectivity index (χ0v) is 20.3. The molecule has 0 unspecified atom stereocenters. The van der Waals surface area contributed by atoms with Gasteiger partial charge in [-0.3, -0.25) is 9.69 Å². The Morgan fingerprint density at radius 3 is 1.83 bits per heavy atom. The Labute approximate surface area is 213 Å². The SMILES string of the molecule is O=C1/C(=C\c2ccccc2)S[C@]2(SC(c3ccccc3)=NN2c2ccccc2)N1c1ccccc1. The lowest BCUT2D eigenvalue weighted by atomic mass is 10.2. The molecule has 2 aliphatic rings. The average Bonchev–Trinajstić information content (AvgIpc) is 3.43. The number of hydrazone groups is 1. The van der Waals surface area contributed by atoms with Crippen LogP contribution in [-0.4, -0.2) is 15.3 Å². The molecule has 35 heavy (non-hydrogen) atoms. The lowest BCUT2D eigenvalue weighted by Gasteiger charge is -2.38. The van der Waals surface area contributed by atoms with Crippen LogP contribution in [0.1, 0.15) is 11.1 Å². The summed E-state index contributed by atoms with van der Waals surface area (Å²) in [6, 6.07) is 40.0. The van der Waals surface area contributed by atoms with E-state index in [1.54, 1.807) is 11.8 Å². The summed E-state index contributed by atoms with van der Waals surface area (Å²) >= 11 is 3.14. The van der Waals surface area contributed by atoms with Crippen LogP contribution in [0.4, 0.5) is 11.4 Å². The summed E-state index contributed by atoms with van der Waals surface area (Å²) in [6.45, 7) is 0. The van der Waals surface area contributed by atoms with Crippen LogP contribution in [0.3, 0.4) is 0 Å². The van der Waals surface area contributed by atoms with Crippen molar-refractivity contribution in [2.24, 2.45) is 5.10 Å². The molecular formula is C29H21N3OS2. The van der Waals surface area contributed by atoms with Gasteiger partial charge in [-0.05, 0) is 47.7 Å². The van der Waals surface area contributed by atoms with Crippen LogP contribution in [0.2, 0.25) is 0 Å². The van der Waals surface area contributed by atoms with Crippen molar-refractivity contribution < 1.29 is 4.79 Å². The highest BCUT2D eigenvalue weighted by atomic mass is 32.2. The molecule has 0 aromatic heterocycles. The second-order valence-electron chi connectivity index (χ2n) is 8.07. The van der Waals surface area contributed by atoms with E-state index >= 15 is 0 Å². The smallest absolute Gasteiger partial charge is 0.268 e. The maximum absolute atomic E-state index is 14.0. The molecule has 0 N–H and O–H groups in total. The minimum Gasteiger partial charge on any atom is -0.268 e. The van der Waals surface area contributed by atoms with Gasteiger partial charge in [0.1, 0.15) is 5.04 Å². The van der Waals surface area contributed by atoms with E-state index in [0.29, 0.717) is 4.91 Å². The molecule has 0 radical (unpaired) electrons. The van der Waals surface area contributed by atoms with Crippen LogP contribution in [0.15, 0.2) is 131 Å². The molecule has 1 saturated heterocycles. The fourth-order valence-electron chi connectivity index (χ4n) is 4.16. The molecule has 0 aliphatic carbocycles. The van der Waals surface area contributed by atoms with Crippen LogP contribution in [0, 0.1) is 0 Å². The van der Waals surface area contributed by atoms with Crippen molar-refractivity contribution in [3.8, 4) is 0 Å². The van der Waals surface area contributed by atoms with Crippen LogP contribution in [0.25, 0.3) is 6.08 Å². The van der Waals surface area contributed by atoms with E-state index in [-0.39, 0.29) is 5.91 Å². The van der Waals surface area contributed by atoms with Crippen molar-refractivity contribution in [1.82, 2.24) is 0 Å². The lowest BCUT2D eigenvalue weighted by Crippen LogP contribution is -2.51. The molecule has 2 heterocycles. The van der Waals surface area contributed by atoms with Gasteiger partial charge in [0, 0.05) is 11.3 Å². The summed E-state index contributed by atoms with van der Waals surface area (Å²) in [6.07, 6.45) is 1.97. The predicted molar refractivity (Wildman–Crippen MR) is 148 cm³/mol. The number of para-hydroxylation sites is 2. The molecule has 1 spiro atoms. The van der Waals surface area contributed by atoms with Gasteiger partial charge in [-0.1, -0.05) is 109 Å². The van der Waals surface area contributed by atoms with E-state index in [0.717, 1.165) is 27.5 Å². The Morgan fingerprint density at radius 2 is 1.20 bits per heavy atom. The van der Waals surface area contributed by atoms with Crippen LogP contribution in [0.5, 0.6) is 0 Å². The maximum atomic E-state index is 14.0. The minimum absolute atomic E-state index is 0.0389. The third-order valence-corrected chi connectivity index (χ3v) is 8.53. The van der Waals surface area contributed by atoms with E-state index in [9.17, 15) is 4.79 Å². The molecule has 1 atom stereocenters. The highest BCUT2D eigenvalue weighted by molar-refractivity contribution is 8.28. The molecule has 4 aromatic rings. The van der Waals surface area contributed by atoms with E-state index in [1.165, 1.54) is 11.8 Å². The van der Waals surface area contributed by atoms with E-state index in [4.69, 9.17) is 5.10 Å². The Bertz CT molecular complexity index is 1410. The lowest BCUT2D eigenvalue weighted by molar-refractivity contribution is -0.114. The molecule has 6 rings (SSSR count). The van der Waals surface area contributed by atoms with E-state index in [2.05, 4.69) is 12.1 Å². The third kappa shape index (κ3) is 3.95. The fourth-order valence-corrected chi connectivity index (χ4v) is 7.14. The fraction of sp³-hybridized carbons (Fsp3) is 0.0345. The monoisotopic (exact) mass is 491 g/mol. The Morgan fingerprint density at radius 1 is 0.657 bits per heavy atom. The topological polar surface area (TPSA) is 35.9 Å². The van der Waals surface area contributed by atoms with Crippen molar-refractivity contribution >= 4 is 51.9 Å². The van der Waals surface area contributed by atoms with Gasteiger partial charge in [0.15, 0.2) is 0 Å². The Hall–Kier alpha value is -3.74. The zero-order chi connectivity index (χ0) is 23.7. The second-order valence-corrected chi connectivity index (χ2v) is 10.7. The summed E-state index contributed by atoms with van der Waals surface area (Å²) in [5, 5.41) is 7.95. The molecule has 2 aliphatic heterocycles. The third-order valence-electron chi connectivity index (χ3n) is 5.76. The van der Waals surface area contributed by atoms with Gasteiger partial charge in [0.2, 0.25) is 4.33 Å². The van der Waals surface area contributed by atoms with Gasteiger partial charge < -0.3 is 0 Å². The number of nitrogens with zero attached hydrogens (tertiary/aromatic N) is 3. The van der Waals surface area contributed by atoms with Gasteiger partial charge in [-0.2, -0.15) is 5.10 Å². The number of carbonyl (C=O) groups is 1. The van der Waals surface area contributed by atoms with Crippen LogP contribution >= 0.6 is 23.5 Å². The van der Waals surface area contributed by atoms with Crippen LogP contribution < -0.4 is 9.91 Å². The van der Waals surface area contributed by atoms with Gasteiger partial charge in [-0.15, -0.1) is 0 Å². The highest BCUT2D eigenvalue weighted by Crippen LogP contribution is 2.59. The Balaban J connectivity index is 1.53. The minimum atomic E-state index is -0.842. The predicted octanol–water partition coefficient (Wildman–Crippen LogP) is 7.03. The molecule has 1 amide bonds. The summed E-state index contributed by atoms with van der Waals surface area (Å²) in [5.74, 6) is -0.0389. The van der Waals surface area contributed by atoms with Gasteiger partial charge >= 0.3 is 0 Å². The summed E-state index contributed by atoms with van der Waals surface area (Å²) in [7, 11) is 0.